The lowest BCUT2D eigenvalue weighted by atomic mass is 9.86. The van der Waals surface area contributed by atoms with Gasteiger partial charge in [-0.25, -0.2) is 14.3 Å². The first kappa shape index (κ1) is 18.3. The summed E-state index contributed by atoms with van der Waals surface area (Å²) in [6.45, 7) is 7.40. The Kier molecular flexibility index (Phi) is 5.20. The maximum Gasteiger partial charge on any atom is 0.379 e. The van der Waals surface area contributed by atoms with E-state index in [1.807, 2.05) is 19.9 Å². The fraction of sp³-hybridized carbons (Fsp3) is 0.611. The Labute approximate surface area is 152 Å². The monoisotopic (exact) mass is 359 g/mol. The normalized spacial score (nSPS) is 21.4. The van der Waals surface area contributed by atoms with Crippen LogP contribution in [0.4, 0.5) is 0 Å². The molecule has 2 aromatic rings. The molecule has 1 saturated carbocycles. The molecule has 2 heterocycles. The summed E-state index contributed by atoms with van der Waals surface area (Å²) in [5, 5.41) is 7.12. The first-order chi connectivity index (χ1) is 12.3. The summed E-state index contributed by atoms with van der Waals surface area (Å²) in [7, 11) is 0. The van der Waals surface area contributed by atoms with Crippen molar-refractivity contribution in [2.75, 3.05) is 0 Å². The van der Waals surface area contributed by atoms with E-state index in [9.17, 15) is 9.59 Å². The van der Waals surface area contributed by atoms with Gasteiger partial charge in [0.25, 0.3) is 17.5 Å². The van der Waals surface area contributed by atoms with Gasteiger partial charge in [0.15, 0.2) is 6.10 Å². The molecule has 0 aliphatic heterocycles. The molecule has 0 spiro atoms. The van der Waals surface area contributed by atoms with Crippen LogP contribution in [0.1, 0.15) is 61.5 Å². The van der Waals surface area contributed by atoms with E-state index in [0.29, 0.717) is 11.7 Å². The van der Waals surface area contributed by atoms with E-state index in [-0.39, 0.29) is 17.8 Å². The Morgan fingerprint density at radius 2 is 2.00 bits per heavy atom. The highest BCUT2D eigenvalue weighted by Crippen LogP contribution is 2.23. The number of aryl methyl sites for hydroxylation is 2. The molecule has 8 nitrogen and oxygen atoms in total. The summed E-state index contributed by atoms with van der Waals surface area (Å²) in [6, 6.07) is 1.98. The fourth-order valence-electron chi connectivity index (χ4n) is 3.35. The van der Waals surface area contributed by atoms with Crippen LogP contribution in [0.2, 0.25) is 0 Å². The van der Waals surface area contributed by atoms with E-state index in [1.54, 1.807) is 6.92 Å². The number of nitrogens with one attached hydrogen (secondary N) is 1. The predicted octanol–water partition coefficient (Wildman–Crippen LogP) is 1.98. The van der Waals surface area contributed by atoms with E-state index in [2.05, 4.69) is 27.3 Å². The van der Waals surface area contributed by atoms with Gasteiger partial charge in [-0.3, -0.25) is 4.79 Å². The Morgan fingerprint density at radius 1 is 1.27 bits per heavy atom. The Bertz CT molecular complexity index is 832. The average molecular weight is 359 g/mol. The molecule has 8 heteroatoms. The SMILES string of the molecule is Cc1cc(C)n2nc(C(=O)O[C@H](C)C(=O)N[C@H]3CCCC[C@@H]3C)nc2n1. The highest BCUT2D eigenvalue weighted by Gasteiger charge is 2.27. The van der Waals surface area contributed by atoms with Gasteiger partial charge >= 0.3 is 5.97 Å². The second kappa shape index (κ2) is 7.39. The number of carbonyl (C=O) groups is 2. The number of amides is 1. The van der Waals surface area contributed by atoms with Crippen LogP contribution in [0.3, 0.4) is 0 Å². The first-order valence-electron chi connectivity index (χ1n) is 9.07. The summed E-state index contributed by atoms with van der Waals surface area (Å²) >= 11 is 0. The van der Waals surface area contributed by atoms with E-state index in [1.165, 1.54) is 10.9 Å². The number of esters is 1. The van der Waals surface area contributed by atoms with Crippen LogP contribution in [0.25, 0.3) is 5.78 Å². The zero-order valence-electron chi connectivity index (χ0n) is 15.7. The molecular formula is C18H25N5O3. The number of carbonyl (C=O) groups excluding carboxylic acids is 2. The third-order valence-corrected chi connectivity index (χ3v) is 4.89. The van der Waals surface area contributed by atoms with Crippen LogP contribution in [-0.4, -0.2) is 43.6 Å². The third kappa shape index (κ3) is 3.84. The van der Waals surface area contributed by atoms with Crippen molar-refractivity contribution in [3.63, 3.8) is 0 Å². The second-order valence-corrected chi connectivity index (χ2v) is 7.11. The fourth-order valence-corrected chi connectivity index (χ4v) is 3.35. The van der Waals surface area contributed by atoms with Crippen molar-refractivity contribution in [2.24, 2.45) is 5.92 Å². The van der Waals surface area contributed by atoms with Crippen molar-refractivity contribution in [1.29, 1.82) is 0 Å². The molecule has 1 aliphatic carbocycles. The molecule has 0 aromatic carbocycles. The quantitative estimate of drug-likeness (QED) is 0.838. The van der Waals surface area contributed by atoms with Crippen LogP contribution in [0.15, 0.2) is 6.07 Å². The van der Waals surface area contributed by atoms with Gasteiger partial charge < -0.3 is 10.1 Å². The summed E-state index contributed by atoms with van der Waals surface area (Å²) < 4.78 is 6.74. The van der Waals surface area contributed by atoms with Crippen LogP contribution in [-0.2, 0) is 9.53 Å². The molecule has 1 fully saturated rings. The molecule has 0 radical (unpaired) electrons. The lowest BCUT2D eigenvalue weighted by Gasteiger charge is -2.30. The van der Waals surface area contributed by atoms with E-state index in [0.717, 1.165) is 30.7 Å². The summed E-state index contributed by atoms with van der Waals surface area (Å²) in [6.07, 6.45) is 3.48. The summed E-state index contributed by atoms with van der Waals surface area (Å²) in [4.78, 5) is 33.0. The van der Waals surface area contributed by atoms with Gasteiger partial charge in [0.05, 0.1) is 0 Å². The molecule has 0 unspecified atom stereocenters. The van der Waals surface area contributed by atoms with E-state index in [4.69, 9.17) is 4.74 Å². The van der Waals surface area contributed by atoms with Crippen molar-refractivity contribution >= 4 is 17.7 Å². The molecule has 1 amide bonds. The number of hydrogen-bond donors (Lipinski definition) is 1. The minimum atomic E-state index is -0.904. The molecule has 0 bridgehead atoms. The summed E-state index contributed by atoms with van der Waals surface area (Å²) in [5.74, 6) is -0.342. The Hall–Kier alpha value is -2.51. The zero-order chi connectivity index (χ0) is 18.8. The van der Waals surface area contributed by atoms with Crippen molar-refractivity contribution in [2.45, 2.75) is 65.5 Å². The van der Waals surface area contributed by atoms with Gasteiger partial charge in [-0.1, -0.05) is 19.8 Å². The molecule has 26 heavy (non-hydrogen) atoms. The van der Waals surface area contributed by atoms with Crippen LogP contribution in [0, 0.1) is 19.8 Å². The lowest BCUT2D eigenvalue weighted by molar-refractivity contribution is -0.130. The number of rotatable bonds is 4. The minimum absolute atomic E-state index is 0.100. The summed E-state index contributed by atoms with van der Waals surface area (Å²) in [5.41, 5.74) is 1.60. The maximum absolute atomic E-state index is 12.3. The van der Waals surface area contributed by atoms with Gasteiger partial charge in [-0.05, 0) is 45.6 Å². The van der Waals surface area contributed by atoms with Crippen molar-refractivity contribution in [3.05, 3.63) is 23.3 Å². The Balaban J connectivity index is 1.65. The molecule has 3 atom stereocenters. The van der Waals surface area contributed by atoms with Crippen LogP contribution in [0.5, 0.6) is 0 Å². The number of nitrogens with zero attached hydrogens (tertiary/aromatic N) is 4. The van der Waals surface area contributed by atoms with Crippen LogP contribution < -0.4 is 5.32 Å². The molecule has 3 rings (SSSR count). The Morgan fingerprint density at radius 3 is 2.73 bits per heavy atom. The second-order valence-electron chi connectivity index (χ2n) is 7.11. The topological polar surface area (TPSA) is 98.5 Å². The number of hydrogen-bond acceptors (Lipinski definition) is 6. The minimum Gasteiger partial charge on any atom is -0.447 e. The standard InChI is InChI=1S/C18H25N5O3/c1-10-7-5-6-8-14(10)20-16(24)13(4)26-17(25)15-21-18-19-11(2)9-12(3)23(18)22-15/h9-10,13-14H,5-8H2,1-4H3,(H,20,24)/t10-,13+,14-/m0/s1. The molecule has 0 saturated heterocycles. The van der Waals surface area contributed by atoms with Gasteiger partial charge in [-0.15, -0.1) is 5.10 Å². The highest BCUT2D eigenvalue weighted by atomic mass is 16.5. The van der Waals surface area contributed by atoms with Crippen molar-refractivity contribution in [3.8, 4) is 0 Å². The van der Waals surface area contributed by atoms with E-state index >= 15 is 0 Å². The highest BCUT2D eigenvalue weighted by molar-refractivity contribution is 5.89. The maximum atomic E-state index is 12.3. The van der Waals surface area contributed by atoms with Gasteiger partial charge in [0, 0.05) is 17.4 Å². The lowest BCUT2D eigenvalue weighted by Crippen LogP contribution is -2.46. The van der Waals surface area contributed by atoms with Crippen LogP contribution >= 0.6 is 0 Å². The predicted molar refractivity (Wildman–Crippen MR) is 94.7 cm³/mol. The molecule has 1 aliphatic rings. The number of aromatic nitrogens is 4. The van der Waals surface area contributed by atoms with Gasteiger partial charge in [0.1, 0.15) is 0 Å². The smallest absolute Gasteiger partial charge is 0.379 e. The molecule has 140 valence electrons. The van der Waals surface area contributed by atoms with Crippen molar-refractivity contribution < 1.29 is 14.3 Å². The average Bonchev–Trinajstić information content (AvgIpc) is 3.01. The molecule has 1 N–H and O–H groups in total. The number of ether oxygens (including phenoxy) is 1. The third-order valence-electron chi connectivity index (χ3n) is 4.89. The zero-order valence-corrected chi connectivity index (χ0v) is 15.7. The first-order valence-corrected chi connectivity index (χ1v) is 9.07. The molecule has 2 aromatic heterocycles. The van der Waals surface area contributed by atoms with Crippen molar-refractivity contribution in [1.82, 2.24) is 24.9 Å². The van der Waals surface area contributed by atoms with E-state index < -0.39 is 12.1 Å². The number of fused-ring (bicyclic) bond motifs is 1. The van der Waals surface area contributed by atoms with Gasteiger partial charge in [0.2, 0.25) is 0 Å². The van der Waals surface area contributed by atoms with Gasteiger partial charge in [-0.2, -0.15) is 4.98 Å². The molecular weight excluding hydrogens is 334 g/mol. The largest absolute Gasteiger partial charge is 0.447 e.